The van der Waals surface area contributed by atoms with Crippen molar-refractivity contribution in [2.45, 2.75) is 16.7 Å². The summed E-state index contributed by atoms with van der Waals surface area (Å²) in [5, 5.41) is 19.0. The first-order valence-corrected chi connectivity index (χ1v) is 10.2. The molecule has 0 unspecified atom stereocenters. The van der Waals surface area contributed by atoms with Gasteiger partial charge in [-0.2, -0.15) is 10.5 Å². The van der Waals surface area contributed by atoms with Crippen molar-refractivity contribution in [2.24, 2.45) is 0 Å². The van der Waals surface area contributed by atoms with E-state index in [0.29, 0.717) is 16.8 Å². The van der Waals surface area contributed by atoms with Crippen LogP contribution in [-0.2, 0) is 9.59 Å². The Labute approximate surface area is 182 Å². The van der Waals surface area contributed by atoms with Gasteiger partial charge in [-0.15, -0.1) is 0 Å². The minimum Gasteiger partial charge on any atom is -0.383 e. The zero-order valence-corrected chi connectivity index (χ0v) is 17.0. The van der Waals surface area contributed by atoms with Gasteiger partial charge in [0.15, 0.2) is 0 Å². The number of hydrogen-bond donors (Lipinski definition) is 1. The Morgan fingerprint density at radius 1 is 0.968 bits per heavy atom. The monoisotopic (exact) mass is 425 g/mol. The van der Waals surface area contributed by atoms with E-state index in [1.165, 1.54) is 0 Å². The van der Waals surface area contributed by atoms with Crippen LogP contribution in [0.2, 0.25) is 0 Å². The number of nitrogen functional groups attached to an aromatic ring is 1. The van der Waals surface area contributed by atoms with Crippen molar-refractivity contribution in [3.8, 4) is 23.3 Å². The second-order valence-corrected chi connectivity index (χ2v) is 7.92. The lowest BCUT2D eigenvalue weighted by Gasteiger charge is -2.16. The van der Waals surface area contributed by atoms with E-state index in [0.717, 1.165) is 16.7 Å². The molecule has 0 bridgehead atoms. The lowest BCUT2D eigenvalue weighted by molar-refractivity contribution is -0.121. The number of amides is 2. The lowest BCUT2D eigenvalue weighted by atomic mass is 9.97. The van der Waals surface area contributed by atoms with E-state index in [-0.39, 0.29) is 40.2 Å². The molecular formula is C23H15N5O2S. The summed E-state index contributed by atoms with van der Waals surface area (Å²) in [5.41, 5.74) is 7.80. The average molecular weight is 425 g/mol. The molecule has 31 heavy (non-hydrogen) atoms. The highest BCUT2D eigenvalue weighted by atomic mass is 32.2. The summed E-state index contributed by atoms with van der Waals surface area (Å²) >= 11 is 1.02. The zero-order chi connectivity index (χ0) is 22.0. The lowest BCUT2D eigenvalue weighted by Crippen LogP contribution is -2.31. The largest absolute Gasteiger partial charge is 0.383 e. The Kier molecular flexibility index (Phi) is 5.40. The van der Waals surface area contributed by atoms with Gasteiger partial charge in [0.05, 0.1) is 16.5 Å². The molecule has 1 fully saturated rings. The first-order valence-electron chi connectivity index (χ1n) is 9.32. The molecule has 2 heterocycles. The first kappa shape index (κ1) is 20.1. The van der Waals surface area contributed by atoms with Crippen molar-refractivity contribution in [1.29, 1.82) is 10.5 Å². The zero-order valence-electron chi connectivity index (χ0n) is 16.1. The fourth-order valence-corrected chi connectivity index (χ4v) is 4.57. The maximum absolute atomic E-state index is 13.0. The van der Waals surface area contributed by atoms with Crippen LogP contribution in [0.4, 0.5) is 11.5 Å². The summed E-state index contributed by atoms with van der Waals surface area (Å²) in [5.74, 6) is -0.729. The second-order valence-electron chi connectivity index (χ2n) is 6.73. The maximum Gasteiger partial charge on any atom is 0.247 e. The van der Waals surface area contributed by atoms with Gasteiger partial charge in [0.25, 0.3) is 0 Å². The molecule has 3 aromatic rings. The standard InChI is InChI=1S/C23H15N5O2S/c24-12-16-20(14-7-3-1-4-8-14)17(13-25)22(27-21(16)26)31-18-11-19(29)28(23(18)30)15-9-5-2-6-10-15/h1-10,18H,11H2,(H2,26,27)/t18-/m0/s1. The molecule has 7 nitrogen and oxygen atoms in total. The van der Waals surface area contributed by atoms with E-state index < -0.39 is 5.25 Å². The highest BCUT2D eigenvalue weighted by Gasteiger charge is 2.41. The Balaban J connectivity index is 1.76. The molecule has 1 aliphatic rings. The van der Waals surface area contributed by atoms with Crippen molar-refractivity contribution in [2.75, 3.05) is 10.6 Å². The Morgan fingerprint density at radius 3 is 2.19 bits per heavy atom. The van der Waals surface area contributed by atoms with Crippen LogP contribution in [0.1, 0.15) is 17.5 Å². The number of hydrogen-bond acceptors (Lipinski definition) is 7. The minimum atomic E-state index is -0.747. The first-order chi connectivity index (χ1) is 15.0. The van der Waals surface area contributed by atoms with E-state index in [2.05, 4.69) is 11.1 Å². The van der Waals surface area contributed by atoms with Crippen molar-refractivity contribution in [1.82, 2.24) is 4.98 Å². The normalized spacial score (nSPS) is 15.5. The number of carbonyl (C=O) groups is 2. The number of nitrogens with zero attached hydrogens (tertiary/aromatic N) is 4. The highest BCUT2D eigenvalue weighted by Crippen LogP contribution is 2.39. The SMILES string of the molecule is N#Cc1c(N)nc(S[C@H]2CC(=O)N(c3ccccc3)C2=O)c(C#N)c1-c1ccccc1. The second kappa shape index (κ2) is 8.31. The van der Waals surface area contributed by atoms with Crippen LogP contribution < -0.4 is 10.6 Å². The summed E-state index contributed by atoms with van der Waals surface area (Å²) in [6.45, 7) is 0. The van der Waals surface area contributed by atoms with Gasteiger partial charge in [-0.3, -0.25) is 9.59 Å². The Bertz CT molecular complexity index is 1260. The van der Waals surface area contributed by atoms with Gasteiger partial charge in [-0.05, 0) is 17.7 Å². The van der Waals surface area contributed by atoms with Crippen molar-refractivity contribution >= 4 is 35.1 Å². The molecule has 8 heteroatoms. The number of rotatable bonds is 4. The van der Waals surface area contributed by atoms with E-state index in [9.17, 15) is 20.1 Å². The molecule has 1 atom stereocenters. The fraction of sp³-hybridized carbons (Fsp3) is 0.0870. The van der Waals surface area contributed by atoms with Crippen LogP contribution in [0.25, 0.3) is 11.1 Å². The highest BCUT2D eigenvalue weighted by molar-refractivity contribution is 8.00. The summed E-state index contributed by atoms with van der Waals surface area (Å²) in [6, 6.07) is 21.8. The van der Waals surface area contributed by atoms with E-state index >= 15 is 0 Å². The van der Waals surface area contributed by atoms with Gasteiger partial charge in [0, 0.05) is 12.0 Å². The van der Waals surface area contributed by atoms with E-state index in [4.69, 9.17) is 5.73 Å². The minimum absolute atomic E-state index is 0.0223. The van der Waals surface area contributed by atoms with Crippen LogP contribution in [-0.4, -0.2) is 22.0 Å². The molecule has 0 saturated carbocycles. The van der Waals surface area contributed by atoms with Crippen LogP contribution in [0.5, 0.6) is 0 Å². The molecule has 1 aliphatic heterocycles. The third-order valence-corrected chi connectivity index (χ3v) is 6.02. The average Bonchev–Trinajstić information content (AvgIpc) is 3.07. The Morgan fingerprint density at radius 2 is 1.58 bits per heavy atom. The predicted molar refractivity (Wildman–Crippen MR) is 117 cm³/mol. The summed E-state index contributed by atoms with van der Waals surface area (Å²) in [7, 11) is 0. The molecule has 2 N–H and O–H groups in total. The molecular weight excluding hydrogens is 410 g/mol. The van der Waals surface area contributed by atoms with Gasteiger partial charge in [-0.1, -0.05) is 60.3 Å². The number of thioether (sulfide) groups is 1. The van der Waals surface area contributed by atoms with Gasteiger partial charge in [0.2, 0.25) is 11.8 Å². The number of benzene rings is 2. The van der Waals surface area contributed by atoms with Gasteiger partial charge in [-0.25, -0.2) is 9.88 Å². The van der Waals surface area contributed by atoms with Crippen molar-refractivity contribution in [3.63, 3.8) is 0 Å². The number of anilines is 2. The molecule has 150 valence electrons. The van der Waals surface area contributed by atoms with Crippen LogP contribution >= 0.6 is 11.8 Å². The molecule has 4 rings (SSSR count). The fourth-order valence-electron chi connectivity index (χ4n) is 3.46. The number of nitriles is 2. The number of nitrogens with two attached hydrogens (primary N) is 1. The third-order valence-electron chi connectivity index (χ3n) is 4.85. The van der Waals surface area contributed by atoms with E-state index in [1.54, 1.807) is 54.6 Å². The number of imide groups is 1. The number of carbonyl (C=O) groups excluding carboxylic acids is 2. The number of pyridine rings is 1. The summed E-state index contributed by atoms with van der Waals surface area (Å²) in [4.78, 5) is 30.9. The third kappa shape index (κ3) is 3.61. The van der Waals surface area contributed by atoms with Crippen LogP contribution in [0.15, 0.2) is 65.7 Å². The van der Waals surface area contributed by atoms with Crippen molar-refractivity contribution in [3.05, 3.63) is 71.8 Å². The smallest absolute Gasteiger partial charge is 0.247 e. The summed E-state index contributed by atoms with van der Waals surface area (Å²) < 4.78 is 0. The quantitative estimate of drug-likeness (QED) is 0.634. The predicted octanol–water partition coefficient (Wildman–Crippen LogP) is 3.50. The van der Waals surface area contributed by atoms with Gasteiger partial charge in [0.1, 0.15) is 28.5 Å². The summed E-state index contributed by atoms with van der Waals surface area (Å²) in [6.07, 6.45) is -0.0223. The number of aromatic nitrogens is 1. The van der Waals surface area contributed by atoms with Gasteiger partial charge >= 0.3 is 0 Å². The molecule has 2 aromatic carbocycles. The van der Waals surface area contributed by atoms with Crippen LogP contribution in [0.3, 0.4) is 0 Å². The molecule has 0 radical (unpaired) electrons. The molecule has 1 saturated heterocycles. The van der Waals surface area contributed by atoms with Crippen LogP contribution in [0, 0.1) is 22.7 Å². The molecule has 1 aromatic heterocycles. The molecule has 0 spiro atoms. The molecule has 0 aliphatic carbocycles. The maximum atomic E-state index is 13.0. The molecule has 2 amide bonds. The van der Waals surface area contributed by atoms with Crippen molar-refractivity contribution < 1.29 is 9.59 Å². The Hall–Kier alpha value is -4.14. The topological polar surface area (TPSA) is 124 Å². The van der Waals surface area contributed by atoms with Gasteiger partial charge < -0.3 is 5.73 Å². The van der Waals surface area contributed by atoms with E-state index in [1.807, 2.05) is 12.1 Å². The number of para-hydroxylation sites is 1.